The summed E-state index contributed by atoms with van der Waals surface area (Å²) in [6, 6.07) is 8.46. The summed E-state index contributed by atoms with van der Waals surface area (Å²) in [6.07, 6.45) is 1.79. The number of carbonyl (C=O) groups excluding carboxylic acids is 1. The maximum absolute atomic E-state index is 14.0. The number of hydrogen-bond donors (Lipinski definition) is 1. The molecule has 11 heteroatoms. The van der Waals surface area contributed by atoms with Crippen LogP contribution in [-0.2, 0) is 13.2 Å². The third kappa shape index (κ3) is 5.24. The zero-order valence-electron chi connectivity index (χ0n) is 20.0. The van der Waals surface area contributed by atoms with Gasteiger partial charge in [0, 0.05) is 42.5 Å². The first-order valence-corrected chi connectivity index (χ1v) is 12.8. The van der Waals surface area contributed by atoms with Gasteiger partial charge in [-0.15, -0.1) is 0 Å². The van der Waals surface area contributed by atoms with Gasteiger partial charge in [0.2, 0.25) is 0 Å². The number of nitrogens with one attached hydrogen (secondary N) is 1. The van der Waals surface area contributed by atoms with E-state index in [1.807, 2.05) is 0 Å². The van der Waals surface area contributed by atoms with Crippen LogP contribution in [0, 0.1) is 5.82 Å². The lowest BCUT2D eigenvalue weighted by atomic mass is 10.0. The molecule has 2 bridgehead atoms. The van der Waals surface area contributed by atoms with Crippen molar-refractivity contribution in [2.45, 2.75) is 43.9 Å². The van der Waals surface area contributed by atoms with Gasteiger partial charge in [0.15, 0.2) is 0 Å². The Labute approximate surface area is 219 Å². The largest absolute Gasteiger partial charge is 0.492 e. The molecule has 5 rings (SSSR count). The van der Waals surface area contributed by atoms with Crippen LogP contribution < -0.4 is 10.1 Å². The second-order valence-corrected chi connectivity index (χ2v) is 10.2. The smallest absolute Gasteiger partial charge is 0.419 e. The maximum atomic E-state index is 14.0. The topological polar surface area (TPSA) is 59.4 Å². The van der Waals surface area contributed by atoms with Crippen LogP contribution in [0.5, 0.6) is 5.75 Å². The zero-order chi connectivity index (χ0) is 26.3. The number of benzene rings is 2. The van der Waals surface area contributed by atoms with Crippen molar-refractivity contribution in [3.8, 4) is 17.0 Å². The van der Waals surface area contributed by atoms with Crippen molar-refractivity contribution in [2.24, 2.45) is 7.05 Å². The summed E-state index contributed by atoms with van der Waals surface area (Å²) in [5.74, 6) is -1.63. The van der Waals surface area contributed by atoms with Crippen LogP contribution in [0.4, 0.5) is 23.2 Å². The van der Waals surface area contributed by atoms with E-state index in [0.29, 0.717) is 47.8 Å². The Hall–Kier alpha value is -2.92. The number of aromatic nitrogens is 2. The first kappa shape index (κ1) is 25.7. The number of alkyl halides is 3. The van der Waals surface area contributed by atoms with Crippen LogP contribution in [-0.4, -0.2) is 45.8 Å². The fraction of sp³-hybridized carbons (Fsp3) is 0.385. The predicted molar refractivity (Wildman–Crippen MR) is 134 cm³/mol. The van der Waals surface area contributed by atoms with Gasteiger partial charge in [-0.2, -0.15) is 18.3 Å². The van der Waals surface area contributed by atoms with E-state index in [2.05, 4.69) is 31.2 Å². The third-order valence-corrected chi connectivity index (χ3v) is 7.71. The summed E-state index contributed by atoms with van der Waals surface area (Å²) in [5.41, 5.74) is 0.129. The quantitative estimate of drug-likeness (QED) is 0.335. The number of carbonyl (C=O) groups is 1. The zero-order valence-corrected chi connectivity index (χ0v) is 21.6. The van der Waals surface area contributed by atoms with E-state index in [-0.39, 0.29) is 5.56 Å². The van der Waals surface area contributed by atoms with Crippen LogP contribution in [0.1, 0.15) is 41.6 Å². The SMILES string of the molecule is Cn1ncc(Br)c1-c1cc(NC(=O)c2ccc(C(F)(F)F)c(F)c2)ccc1OCCN1C2CCC1CC2. The van der Waals surface area contributed by atoms with Crippen molar-refractivity contribution < 1.29 is 27.1 Å². The number of halogens is 5. The van der Waals surface area contributed by atoms with E-state index in [1.165, 1.54) is 25.7 Å². The van der Waals surface area contributed by atoms with Crippen molar-refractivity contribution in [3.63, 3.8) is 0 Å². The van der Waals surface area contributed by atoms with Gasteiger partial charge in [-0.3, -0.25) is 14.4 Å². The van der Waals surface area contributed by atoms with E-state index < -0.39 is 23.5 Å². The summed E-state index contributed by atoms with van der Waals surface area (Å²) in [4.78, 5) is 15.2. The average Bonchev–Trinajstić information content (AvgIpc) is 3.52. The van der Waals surface area contributed by atoms with Gasteiger partial charge in [-0.1, -0.05) is 0 Å². The Morgan fingerprint density at radius 1 is 1.14 bits per heavy atom. The molecular formula is C26H25BrF4N4O2. The monoisotopic (exact) mass is 580 g/mol. The second-order valence-electron chi connectivity index (χ2n) is 9.37. The summed E-state index contributed by atoms with van der Waals surface area (Å²) in [6.45, 7) is 1.34. The Kier molecular flexibility index (Phi) is 7.01. The molecule has 2 aliphatic heterocycles. The van der Waals surface area contributed by atoms with Crippen LogP contribution in [0.3, 0.4) is 0 Å². The molecule has 3 aromatic rings. The van der Waals surface area contributed by atoms with Crippen LogP contribution in [0.15, 0.2) is 47.1 Å². The van der Waals surface area contributed by atoms with Gasteiger partial charge in [0.05, 0.1) is 21.9 Å². The van der Waals surface area contributed by atoms with Gasteiger partial charge in [-0.25, -0.2) is 4.39 Å². The lowest BCUT2D eigenvalue weighted by Gasteiger charge is -2.22. The molecule has 0 saturated carbocycles. The number of hydrogen-bond acceptors (Lipinski definition) is 4. The molecule has 196 valence electrons. The van der Waals surface area contributed by atoms with E-state index in [1.54, 1.807) is 36.1 Å². The molecular weight excluding hydrogens is 556 g/mol. The fourth-order valence-electron chi connectivity index (χ4n) is 5.37. The van der Waals surface area contributed by atoms with E-state index >= 15 is 0 Å². The second kappa shape index (κ2) is 10.1. The molecule has 2 saturated heterocycles. The van der Waals surface area contributed by atoms with Crippen molar-refractivity contribution in [2.75, 3.05) is 18.5 Å². The van der Waals surface area contributed by atoms with Crippen molar-refractivity contribution in [1.82, 2.24) is 14.7 Å². The van der Waals surface area contributed by atoms with E-state index in [9.17, 15) is 22.4 Å². The number of rotatable bonds is 7. The molecule has 1 N–H and O–H groups in total. The molecule has 0 aliphatic carbocycles. The Morgan fingerprint density at radius 2 is 1.84 bits per heavy atom. The summed E-state index contributed by atoms with van der Waals surface area (Å²) in [7, 11) is 1.78. The summed E-state index contributed by atoms with van der Waals surface area (Å²) < 4.78 is 61.2. The molecule has 37 heavy (non-hydrogen) atoms. The first-order chi connectivity index (χ1) is 17.6. The normalized spacial score (nSPS) is 19.4. The number of fused-ring (bicyclic) bond motifs is 2. The number of amides is 1. The minimum Gasteiger partial charge on any atom is -0.492 e. The van der Waals surface area contributed by atoms with E-state index in [0.717, 1.165) is 22.8 Å². The van der Waals surface area contributed by atoms with Gasteiger partial charge >= 0.3 is 6.18 Å². The highest BCUT2D eigenvalue weighted by Gasteiger charge is 2.38. The lowest BCUT2D eigenvalue weighted by Crippen LogP contribution is -2.32. The first-order valence-electron chi connectivity index (χ1n) is 12.0. The van der Waals surface area contributed by atoms with Gasteiger partial charge in [0.25, 0.3) is 5.91 Å². The van der Waals surface area contributed by atoms with Crippen LogP contribution in [0.25, 0.3) is 11.3 Å². The van der Waals surface area contributed by atoms with Crippen molar-refractivity contribution in [3.05, 3.63) is 64.0 Å². The minimum atomic E-state index is -4.84. The minimum absolute atomic E-state index is 0.227. The molecule has 0 spiro atoms. The average molecular weight is 581 g/mol. The fourth-order valence-corrected chi connectivity index (χ4v) is 5.93. The van der Waals surface area contributed by atoms with Crippen molar-refractivity contribution in [1.29, 1.82) is 0 Å². The third-order valence-electron chi connectivity index (χ3n) is 7.13. The Bertz CT molecular complexity index is 1290. The standard InChI is InChI=1S/C26H25BrF4N4O2/c1-34-24(21(27)14-32-34)19-13-16(33-25(36)15-2-8-20(22(28)12-15)26(29,30)31)3-9-23(19)37-11-10-35-17-4-5-18(35)7-6-17/h2-3,8-9,12-14,17-18H,4-7,10-11H2,1H3,(H,33,36). The summed E-state index contributed by atoms with van der Waals surface area (Å²) >= 11 is 3.51. The maximum Gasteiger partial charge on any atom is 0.419 e. The highest BCUT2D eigenvalue weighted by molar-refractivity contribution is 9.10. The molecule has 0 unspecified atom stereocenters. The molecule has 1 aromatic heterocycles. The molecule has 2 aliphatic rings. The number of nitrogens with zero attached hydrogens (tertiary/aromatic N) is 3. The van der Waals surface area contributed by atoms with Gasteiger partial charge in [0.1, 0.15) is 18.2 Å². The van der Waals surface area contributed by atoms with Crippen LogP contribution in [0.2, 0.25) is 0 Å². The lowest BCUT2D eigenvalue weighted by molar-refractivity contribution is -0.140. The Morgan fingerprint density at radius 3 is 2.43 bits per heavy atom. The van der Waals surface area contributed by atoms with E-state index in [4.69, 9.17) is 4.74 Å². The van der Waals surface area contributed by atoms with Crippen molar-refractivity contribution >= 4 is 27.5 Å². The number of aryl methyl sites for hydroxylation is 1. The molecule has 2 fully saturated rings. The van der Waals surface area contributed by atoms with Gasteiger partial charge < -0.3 is 10.1 Å². The molecule has 0 radical (unpaired) electrons. The number of anilines is 1. The van der Waals surface area contributed by atoms with Crippen LogP contribution >= 0.6 is 15.9 Å². The molecule has 1 amide bonds. The molecule has 6 nitrogen and oxygen atoms in total. The summed E-state index contributed by atoms with van der Waals surface area (Å²) in [5, 5.41) is 6.90. The highest BCUT2D eigenvalue weighted by atomic mass is 79.9. The Balaban J connectivity index is 1.36. The predicted octanol–water partition coefficient (Wildman–Crippen LogP) is 6.27. The molecule has 3 heterocycles. The molecule has 0 atom stereocenters. The van der Waals surface area contributed by atoms with Gasteiger partial charge in [-0.05, 0) is 78.0 Å². The number of ether oxygens (including phenoxy) is 1. The molecule has 2 aromatic carbocycles. The highest BCUT2D eigenvalue weighted by Crippen LogP contribution is 2.39.